The molecule has 0 aliphatic heterocycles. The lowest BCUT2D eigenvalue weighted by molar-refractivity contribution is 0.151. The van der Waals surface area contributed by atoms with Gasteiger partial charge in [-0.05, 0) is 37.6 Å². The summed E-state index contributed by atoms with van der Waals surface area (Å²) in [5.41, 5.74) is 6.95. The Kier molecular flexibility index (Phi) is 3.56. The van der Waals surface area contributed by atoms with Crippen molar-refractivity contribution >= 4 is 0 Å². The van der Waals surface area contributed by atoms with E-state index in [0.29, 0.717) is 6.04 Å². The molecule has 3 heteroatoms. The molecule has 88 valence electrons. The predicted octanol–water partition coefficient (Wildman–Crippen LogP) is 2.31. The predicted molar refractivity (Wildman–Crippen MR) is 63.6 cm³/mol. The molecular formula is C13H19FN2. The summed E-state index contributed by atoms with van der Waals surface area (Å²) in [4.78, 5) is 2.29. The quantitative estimate of drug-likeness (QED) is 0.847. The topological polar surface area (TPSA) is 29.3 Å². The summed E-state index contributed by atoms with van der Waals surface area (Å²) in [7, 11) is 2.10. The molecule has 0 saturated heterocycles. The lowest BCUT2D eigenvalue weighted by atomic mass is 9.91. The maximum absolute atomic E-state index is 13.0. The first-order valence-corrected chi connectivity index (χ1v) is 5.88. The average Bonchev–Trinajstić information content (AvgIpc) is 2.14. The van der Waals surface area contributed by atoms with Crippen LogP contribution in [0.15, 0.2) is 24.3 Å². The largest absolute Gasteiger partial charge is 0.323 e. The fourth-order valence-electron chi connectivity index (χ4n) is 2.13. The molecule has 0 bridgehead atoms. The van der Waals surface area contributed by atoms with Crippen molar-refractivity contribution in [3.63, 3.8) is 0 Å². The van der Waals surface area contributed by atoms with E-state index in [-0.39, 0.29) is 11.9 Å². The van der Waals surface area contributed by atoms with E-state index in [2.05, 4.69) is 11.9 Å². The molecule has 2 nitrogen and oxygen atoms in total. The van der Waals surface area contributed by atoms with E-state index in [4.69, 9.17) is 5.73 Å². The van der Waals surface area contributed by atoms with E-state index in [1.807, 2.05) is 6.07 Å². The smallest absolute Gasteiger partial charge is 0.123 e. The highest BCUT2D eigenvalue weighted by Gasteiger charge is 2.23. The Labute approximate surface area is 96.2 Å². The number of hydrogen-bond acceptors (Lipinski definition) is 2. The molecule has 0 aromatic heterocycles. The van der Waals surface area contributed by atoms with Crippen LogP contribution < -0.4 is 5.73 Å². The third-order valence-electron chi connectivity index (χ3n) is 3.46. The summed E-state index contributed by atoms with van der Waals surface area (Å²) in [6.45, 7) is 0.800. The van der Waals surface area contributed by atoms with Crippen LogP contribution in [0.1, 0.15) is 30.9 Å². The van der Waals surface area contributed by atoms with Gasteiger partial charge < -0.3 is 10.6 Å². The fraction of sp³-hybridized carbons (Fsp3) is 0.538. The number of benzene rings is 1. The number of nitrogens with zero attached hydrogens (tertiary/aromatic N) is 1. The van der Waals surface area contributed by atoms with E-state index < -0.39 is 0 Å². The van der Waals surface area contributed by atoms with Gasteiger partial charge >= 0.3 is 0 Å². The molecule has 1 aliphatic carbocycles. The van der Waals surface area contributed by atoms with Gasteiger partial charge in [0.2, 0.25) is 0 Å². The summed E-state index contributed by atoms with van der Waals surface area (Å²) in [6, 6.07) is 7.17. The van der Waals surface area contributed by atoms with Gasteiger partial charge in [0, 0.05) is 18.6 Å². The minimum Gasteiger partial charge on any atom is -0.323 e. The van der Waals surface area contributed by atoms with Crippen molar-refractivity contribution in [3.8, 4) is 0 Å². The van der Waals surface area contributed by atoms with Crippen LogP contribution in [0.3, 0.4) is 0 Å². The Hall–Kier alpha value is -0.930. The molecule has 0 heterocycles. The molecule has 1 unspecified atom stereocenters. The number of nitrogens with two attached hydrogens (primary N) is 1. The Morgan fingerprint density at radius 1 is 1.50 bits per heavy atom. The van der Waals surface area contributed by atoms with Crippen molar-refractivity contribution in [2.75, 3.05) is 13.6 Å². The lowest BCUT2D eigenvalue weighted by Crippen LogP contribution is -2.41. The van der Waals surface area contributed by atoms with Crippen molar-refractivity contribution in [2.45, 2.75) is 31.3 Å². The number of likely N-dealkylation sites (N-methyl/N-ethyl adjacent to an activating group) is 1. The first kappa shape index (κ1) is 11.6. The van der Waals surface area contributed by atoms with Crippen molar-refractivity contribution < 1.29 is 4.39 Å². The van der Waals surface area contributed by atoms with Crippen LogP contribution in [0.5, 0.6) is 0 Å². The first-order chi connectivity index (χ1) is 7.66. The van der Waals surface area contributed by atoms with E-state index >= 15 is 0 Å². The maximum atomic E-state index is 13.0. The Balaban J connectivity index is 1.93. The van der Waals surface area contributed by atoms with Crippen LogP contribution in [0.4, 0.5) is 4.39 Å². The minimum atomic E-state index is -0.209. The Morgan fingerprint density at radius 2 is 2.25 bits per heavy atom. The van der Waals surface area contributed by atoms with E-state index in [1.165, 1.54) is 31.4 Å². The molecule has 2 rings (SSSR count). The Bertz CT molecular complexity index is 350. The van der Waals surface area contributed by atoms with Gasteiger partial charge in [-0.2, -0.15) is 0 Å². The second kappa shape index (κ2) is 4.93. The van der Waals surface area contributed by atoms with Gasteiger partial charge in [0.1, 0.15) is 5.82 Å². The summed E-state index contributed by atoms with van der Waals surface area (Å²) in [5.74, 6) is -0.209. The first-order valence-electron chi connectivity index (χ1n) is 5.88. The Morgan fingerprint density at radius 3 is 2.81 bits per heavy atom. The molecule has 1 fully saturated rings. The molecule has 16 heavy (non-hydrogen) atoms. The van der Waals surface area contributed by atoms with Gasteiger partial charge in [-0.3, -0.25) is 0 Å². The minimum absolute atomic E-state index is 0.0960. The van der Waals surface area contributed by atoms with Crippen molar-refractivity contribution in [3.05, 3.63) is 35.6 Å². The SMILES string of the molecule is CN(CC(N)c1cccc(F)c1)C1CCC1. The molecule has 0 amide bonds. The number of hydrogen-bond donors (Lipinski definition) is 1. The number of halogens is 1. The fourth-order valence-corrected chi connectivity index (χ4v) is 2.13. The van der Waals surface area contributed by atoms with Crippen LogP contribution in [0.2, 0.25) is 0 Å². The van der Waals surface area contributed by atoms with Gasteiger partial charge in [-0.25, -0.2) is 4.39 Å². The van der Waals surface area contributed by atoms with Crippen LogP contribution >= 0.6 is 0 Å². The molecule has 1 aromatic carbocycles. The highest BCUT2D eigenvalue weighted by Crippen LogP contribution is 2.25. The second-order valence-electron chi connectivity index (χ2n) is 4.69. The van der Waals surface area contributed by atoms with E-state index in [1.54, 1.807) is 6.07 Å². The lowest BCUT2D eigenvalue weighted by Gasteiger charge is -2.36. The van der Waals surface area contributed by atoms with Crippen LogP contribution in [-0.4, -0.2) is 24.5 Å². The third-order valence-corrected chi connectivity index (χ3v) is 3.46. The standard InChI is InChI=1S/C13H19FN2/c1-16(12-6-3-7-12)9-13(15)10-4-2-5-11(14)8-10/h2,4-5,8,12-13H,3,6-7,9,15H2,1H3. The van der Waals surface area contributed by atoms with Crippen LogP contribution in [0.25, 0.3) is 0 Å². The average molecular weight is 222 g/mol. The second-order valence-corrected chi connectivity index (χ2v) is 4.69. The summed E-state index contributed by atoms with van der Waals surface area (Å²) >= 11 is 0. The molecule has 1 saturated carbocycles. The van der Waals surface area contributed by atoms with Gasteiger partial charge in [0.05, 0.1) is 0 Å². The van der Waals surface area contributed by atoms with Crippen molar-refractivity contribution in [2.24, 2.45) is 5.73 Å². The molecule has 1 aromatic rings. The van der Waals surface area contributed by atoms with Crippen molar-refractivity contribution in [1.29, 1.82) is 0 Å². The molecule has 0 radical (unpaired) electrons. The zero-order valence-corrected chi connectivity index (χ0v) is 9.70. The monoisotopic (exact) mass is 222 g/mol. The van der Waals surface area contributed by atoms with Gasteiger partial charge in [-0.15, -0.1) is 0 Å². The van der Waals surface area contributed by atoms with Crippen LogP contribution in [0, 0.1) is 5.82 Å². The summed E-state index contributed by atoms with van der Waals surface area (Å²) < 4.78 is 13.0. The third kappa shape index (κ3) is 2.60. The summed E-state index contributed by atoms with van der Waals surface area (Å²) in [5, 5.41) is 0. The van der Waals surface area contributed by atoms with Crippen molar-refractivity contribution in [1.82, 2.24) is 4.90 Å². The van der Waals surface area contributed by atoms with Gasteiger partial charge in [0.15, 0.2) is 0 Å². The molecule has 1 atom stereocenters. The highest BCUT2D eigenvalue weighted by atomic mass is 19.1. The normalized spacial score (nSPS) is 18.5. The zero-order chi connectivity index (χ0) is 11.5. The molecule has 0 spiro atoms. The molecule has 1 aliphatic rings. The molecule has 2 N–H and O–H groups in total. The van der Waals surface area contributed by atoms with Gasteiger partial charge in [-0.1, -0.05) is 18.6 Å². The summed E-state index contributed by atoms with van der Waals surface area (Å²) in [6.07, 6.45) is 3.86. The van der Waals surface area contributed by atoms with Crippen LogP contribution in [-0.2, 0) is 0 Å². The van der Waals surface area contributed by atoms with Gasteiger partial charge in [0.25, 0.3) is 0 Å². The highest BCUT2D eigenvalue weighted by molar-refractivity contribution is 5.20. The molecular weight excluding hydrogens is 203 g/mol. The zero-order valence-electron chi connectivity index (χ0n) is 9.70. The maximum Gasteiger partial charge on any atom is 0.123 e. The van der Waals surface area contributed by atoms with E-state index in [0.717, 1.165) is 12.1 Å². The van der Waals surface area contributed by atoms with E-state index in [9.17, 15) is 4.39 Å². The number of rotatable bonds is 4.